The standard InChI is InChI=1S/C23H28N8O3S/c1-11-17(21-29-14-7-5-6-8-16(14)35-21)20(30-22(27-11)25-10-26-31-24)28-15-9-13(12(2)32)18-19(15)34-23(3,4)33-18/h5-8,12-13,15,18-19,32H,9-10H2,1-4H3,(H2,25,27,28,30)/t12?,13-,15-,18-,19+/m1/s1. The van der Waals surface area contributed by atoms with Gasteiger partial charge < -0.3 is 25.2 Å². The summed E-state index contributed by atoms with van der Waals surface area (Å²) in [7, 11) is 0. The predicted molar refractivity (Wildman–Crippen MR) is 134 cm³/mol. The molecule has 0 amide bonds. The molecule has 184 valence electrons. The first-order valence-electron chi connectivity index (χ1n) is 11.6. The van der Waals surface area contributed by atoms with Crippen LogP contribution in [0.5, 0.6) is 0 Å². The van der Waals surface area contributed by atoms with Crippen LogP contribution in [0.3, 0.4) is 0 Å². The lowest BCUT2D eigenvalue weighted by atomic mass is 9.99. The second-order valence-electron chi connectivity index (χ2n) is 9.36. The van der Waals surface area contributed by atoms with Crippen LogP contribution in [0.1, 0.15) is 32.9 Å². The van der Waals surface area contributed by atoms with Crippen LogP contribution in [0.25, 0.3) is 31.2 Å². The zero-order valence-corrected chi connectivity index (χ0v) is 20.8. The van der Waals surface area contributed by atoms with E-state index in [0.29, 0.717) is 18.2 Å². The number of nitrogens with zero attached hydrogens (tertiary/aromatic N) is 6. The van der Waals surface area contributed by atoms with Gasteiger partial charge in [0.05, 0.1) is 46.4 Å². The fourth-order valence-corrected chi connectivity index (χ4v) is 6.00. The third-order valence-electron chi connectivity index (χ3n) is 6.42. The summed E-state index contributed by atoms with van der Waals surface area (Å²) in [6.45, 7) is 7.50. The van der Waals surface area contributed by atoms with E-state index in [-0.39, 0.29) is 30.8 Å². The van der Waals surface area contributed by atoms with Gasteiger partial charge in [-0.3, -0.25) is 0 Å². The zero-order chi connectivity index (χ0) is 24.7. The van der Waals surface area contributed by atoms with Crippen molar-refractivity contribution in [3.05, 3.63) is 40.4 Å². The van der Waals surface area contributed by atoms with Crippen LogP contribution in [0.2, 0.25) is 0 Å². The average Bonchev–Trinajstić information content (AvgIpc) is 3.44. The van der Waals surface area contributed by atoms with Crippen molar-refractivity contribution in [1.29, 1.82) is 0 Å². The zero-order valence-electron chi connectivity index (χ0n) is 20.0. The quantitative estimate of drug-likeness (QED) is 0.247. The van der Waals surface area contributed by atoms with Crippen molar-refractivity contribution in [3.63, 3.8) is 0 Å². The Bertz CT molecular complexity index is 1260. The topological polar surface area (TPSA) is 150 Å². The van der Waals surface area contributed by atoms with Gasteiger partial charge in [0, 0.05) is 10.8 Å². The van der Waals surface area contributed by atoms with Crippen LogP contribution in [0.4, 0.5) is 11.8 Å². The maximum atomic E-state index is 10.4. The number of anilines is 2. The van der Waals surface area contributed by atoms with E-state index in [2.05, 4.69) is 25.6 Å². The van der Waals surface area contributed by atoms with Crippen LogP contribution in [-0.2, 0) is 9.47 Å². The third-order valence-corrected chi connectivity index (χ3v) is 7.47. The highest BCUT2D eigenvalue weighted by atomic mass is 32.1. The Hall–Kier alpha value is -3.02. The summed E-state index contributed by atoms with van der Waals surface area (Å²) < 4.78 is 13.5. The molecule has 1 unspecified atom stereocenters. The SMILES string of the molecule is Cc1nc(NCN=[N+]=[N-])nc(N[C@@H]2C[C@H](C(C)O)[C@H]3OC(C)(C)O[C@H]32)c1-c1nc2ccccc2s1. The van der Waals surface area contributed by atoms with Gasteiger partial charge in [0.2, 0.25) is 5.95 Å². The number of benzene rings is 1. The van der Waals surface area contributed by atoms with Gasteiger partial charge >= 0.3 is 0 Å². The van der Waals surface area contributed by atoms with E-state index < -0.39 is 11.9 Å². The fraction of sp³-hybridized carbons (Fsp3) is 0.522. The first-order valence-corrected chi connectivity index (χ1v) is 12.4. The lowest BCUT2D eigenvalue weighted by molar-refractivity contribution is -0.161. The van der Waals surface area contributed by atoms with Crippen LogP contribution in [0, 0.1) is 12.8 Å². The molecule has 3 aromatic rings. The lowest BCUT2D eigenvalue weighted by Crippen LogP contribution is -2.35. The second-order valence-corrected chi connectivity index (χ2v) is 10.4. The molecular formula is C23H28N8O3S. The van der Waals surface area contributed by atoms with Gasteiger partial charge in [0.25, 0.3) is 0 Å². The first kappa shape index (κ1) is 23.7. The fourth-order valence-electron chi connectivity index (χ4n) is 4.94. The Morgan fingerprint density at radius 3 is 2.77 bits per heavy atom. The van der Waals surface area contributed by atoms with Gasteiger partial charge in [0.1, 0.15) is 16.9 Å². The summed E-state index contributed by atoms with van der Waals surface area (Å²) >= 11 is 1.57. The van der Waals surface area contributed by atoms with Crippen molar-refractivity contribution in [1.82, 2.24) is 15.0 Å². The summed E-state index contributed by atoms with van der Waals surface area (Å²) in [6, 6.07) is 7.83. The van der Waals surface area contributed by atoms with E-state index >= 15 is 0 Å². The van der Waals surface area contributed by atoms with Crippen molar-refractivity contribution in [2.75, 3.05) is 17.3 Å². The van der Waals surface area contributed by atoms with Crippen molar-refractivity contribution >= 4 is 33.3 Å². The van der Waals surface area contributed by atoms with Gasteiger partial charge in [0.15, 0.2) is 5.79 Å². The van der Waals surface area contributed by atoms with Crippen LogP contribution >= 0.6 is 11.3 Å². The molecular weight excluding hydrogens is 468 g/mol. The number of aromatic nitrogens is 3. The number of ether oxygens (including phenoxy) is 2. The number of aliphatic hydroxyl groups is 1. The number of azide groups is 1. The van der Waals surface area contributed by atoms with E-state index in [0.717, 1.165) is 26.5 Å². The lowest BCUT2D eigenvalue weighted by Gasteiger charge is -2.25. The van der Waals surface area contributed by atoms with Gasteiger partial charge in [-0.15, -0.1) is 11.3 Å². The molecule has 3 N–H and O–H groups in total. The highest BCUT2D eigenvalue weighted by Crippen LogP contribution is 2.45. The monoisotopic (exact) mass is 496 g/mol. The molecule has 11 nitrogen and oxygen atoms in total. The predicted octanol–water partition coefficient (Wildman–Crippen LogP) is 4.44. The van der Waals surface area contributed by atoms with Crippen LogP contribution < -0.4 is 10.6 Å². The molecule has 1 saturated heterocycles. The molecule has 0 spiro atoms. The Labute approximate surface area is 206 Å². The summed E-state index contributed by atoms with van der Waals surface area (Å²) in [5.41, 5.74) is 11.1. The van der Waals surface area contributed by atoms with Gasteiger partial charge in [-0.25, -0.2) is 9.97 Å². The summed E-state index contributed by atoms with van der Waals surface area (Å²) in [6.07, 6.45) is -0.349. The number of para-hydroxylation sites is 1. The Morgan fingerprint density at radius 2 is 2.03 bits per heavy atom. The number of aliphatic hydroxyl groups excluding tert-OH is 1. The molecule has 3 heterocycles. The van der Waals surface area contributed by atoms with E-state index in [1.54, 1.807) is 18.3 Å². The Kier molecular flexibility index (Phi) is 6.24. The molecule has 1 aliphatic carbocycles. The number of thiazole rings is 1. The maximum Gasteiger partial charge on any atom is 0.225 e. The molecule has 2 aliphatic rings. The number of nitrogens with one attached hydrogen (secondary N) is 2. The molecule has 1 aromatic carbocycles. The summed E-state index contributed by atoms with van der Waals surface area (Å²) in [5.74, 6) is 0.134. The minimum atomic E-state index is -0.734. The summed E-state index contributed by atoms with van der Waals surface area (Å²) in [4.78, 5) is 16.9. The molecule has 1 saturated carbocycles. The largest absolute Gasteiger partial charge is 0.393 e. The normalized spacial score (nSPS) is 25.7. The van der Waals surface area contributed by atoms with Crippen molar-refractivity contribution in [2.24, 2.45) is 11.0 Å². The van der Waals surface area contributed by atoms with E-state index in [4.69, 9.17) is 25.0 Å². The molecule has 0 bridgehead atoms. The molecule has 12 heteroatoms. The number of hydrogen-bond acceptors (Lipinski definition) is 10. The van der Waals surface area contributed by atoms with Crippen molar-refractivity contribution < 1.29 is 14.6 Å². The highest BCUT2D eigenvalue weighted by molar-refractivity contribution is 7.21. The number of aryl methyl sites for hydroxylation is 1. The molecule has 2 aromatic heterocycles. The number of rotatable bonds is 7. The highest BCUT2D eigenvalue weighted by Gasteiger charge is 2.55. The number of hydrogen-bond donors (Lipinski definition) is 3. The van der Waals surface area contributed by atoms with Crippen LogP contribution in [0.15, 0.2) is 29.4 Å². The number of fused-ring (bicyclic) bond motifs is 2. The average molecular weight is 497 g/mol. The van der Waals surface area contributed by atoms with Crippen molar-refractivity contribution in [3.8, 4) is 10.6 Å². The van der Waals surface area contributed by atoms with Crippen LogP contribution in [-0.4, -0.2) is 56.9 Å². The third kappa shape index (κ3) is 4.63. The van der Waals surface area contributed by atoms with Gasteiger partial charge in [-0.2, -0.15) is 4.98 Å². The Morgan fingerprint density at radius 1 is 1.26 bits per heavy atom. The molecule has 2 fully saturated rings. The maximum absolute atomic E-state index is 10.4. The molecule has 5 rings (SSSR count). The minimum absolute atomic E-state index is 0.0270. The molecule has 1 aliphatic heterocycles. The molecule has 35 heavy (non-hydrogen) atoms. The van der Waals surface area contributed by atoms with Crippen molar-refractivity contribution in [2.45, 2.75) is 64.3 Å². The second kappa shape index (κ2) is 9.21. The van der Waals surface area contributed by atoms with E-state index in [1.807, 2.05) is 45.0 Å². The molecule has 0 radical (unpaired) electrons. The first-order chi connectivity index (χ1) is 16.8. The minimum Gasteiger partial charge on any atom is -0.393 e. The van der Waals surface area contributed by atoms with Gasteiger partial charge in [-0.1, -0.05) is 17.2 Å². The smallest absolute Gasteiger partial charge is 0.225 e. The Balaban J connectivity index is 1.55. The van der Waals surface area contributed by atoms with Gasteiger partial charge in [-0.05, 0) is 51.8 Å². The summed E-state index contributed by atoms with van der Waals surface area (Å²) in [5, 5.41) is 21.3. The van der Waals surface area contributed by atoms with E-state index in [1.165, 1.54) is 0 Å². The molecule has 5 atom stereocenters. The van der Waals surface area contributed by atoms with E-state index in [9.17, 15) is 5.11 Å².